The molecular weight excluding hydrogens is 485 g/mol. The van der Waals surface area contributed by atoms with Crippen molar-refractivity contribution in [1.29, 1.82) is 0 Å². The first-order valence-corrected chi connectivity index (χ1v) is 9.45. The molecule has 2 aromatic rings. The highest BCUT2D eigenvalue weighted by Crippen LogP contribution is 2.09. The van der Waals surface area contributed by atoms with Crippen molar-refractivity contribution in [2.45, 2.75) is 20.4 Å². The molecule has 0 aliphatic carbocycles. The van der Waals surface area contributed by atoms with Gasteiger partial charge in [-0.1, -0.05) is 6.07 Å². The molecule has 1 fully saturated rings. The molecule has 1 N–H and O–H groups in total. The van der Waals surface area contributed by atoms with Gasteiger partial charge in [0.15, 0.2) is 5.96 Å². The number of amides is 1. The Morgan fingerprint density at radius 1 is 1.21 bits per heavy atom. The van der Waals surface area contributed by atoms with Crippen LogP contribution in [0.3, 0.4) is 0 Å². The van der Waals surface area contributed by atoms with E-state index in [0.717, 1.165) is 36.3 Å². The maximum Gasteiger partial charge on any atom is 0.409 e. The number of piperazine rings is 1. The second-order valence-corrected chi connectivity index (χ2v) is 6.44. The number of aryl methyl sites for hydroxylation is 1. The van der Waals surface area contributed by atoms with Gasteiger partial charge in [0.25, 0.3) is 0 Å². The number of pyridine rings is 1. The minimum absolute atomic E-state index is 0. The summed E-state index contributed by atoms with van der Waals surface area (Å²) in [5, 5.41) is 3.37. The molecule has 0 bridgehead atoms. The number of carbonyl (C=O) groups is 1. The number of aromatic nitrogens is 3. The van der Waals surface area contributed by atoms with Gasteiger partial charge in [-0.15, -0.1) is 24.0 Å². The van der Waals surface area contributed by atoms with Crippen molar-refractivity contribution in [2.24, 2.45) is 4.99 Å². The molecule has 3 rings (SSSR count). The first-order chi connectivity index (χ1) is 13.6. The maximum atomic E-state index is 11.8. The van der Waals surface area contributed by atoms with Crippen LogP contribution < -0.4 is 5.32 Å². The number of rotatable bonds is 4. The van der Waals surface area contributed by atoms with E-state index in [1.165, 1.54) is 0 Å². The summed E-state index contributed by atoms with van der Waals surface area (Å²) in [6.45, 7) is 7.47. The summed E-state index contributed by atoms with van der Waals surface area (Å²) in [5.74, 6) is 2.57. The first kappa shape index (κ1) is 22.9. The highest BCUT2D eigenvalue weighted by Gasteiger charge is 2.23. The molecule has 1 amide bonds. The number of hydrogen-bond donors (Lipinski definition) is 1. The lowest BCUT2D eigenvalue weighted by atomic mass is 10.2. The zero-order valence-corrected chi connectivity index (χ0v) is 19.4. The zero-order chi connectivity index (χ0) is 19.9. The second-order valence-electron chi connectivity index (χ2n) is 6.44. The standard InChI is InChI=1S/C19H27N7O2.HI/c1-4-28-19(27)25-11-9-24(10-12-25)18(20-3)23-14-16-5-6-17(22-13-16)26-8-7-21-15(26)2;/h5-8,13H,4,9-12,14H2,1-3H3,(H,20,23);1H. The largest absolute Gasteiger partial charge is 0.450 e. The summed E-state index contributed by atoms with van der Waals surface area (Å²) in [6.07, 6.45) is 5.27. The minimum Gasteiger partial charge on any atom is -0.450 e. The third-order valence-electron chi connectivity index (χ3n) is 4.65. The number of hydrogen-bond acceptors (Lipinski definition) is 5. The highest BCUT2D eigenvalue weighted by atomic mass is 127. The van der Waals surface area contributed by atoms with Crippen LogP contribution in [0.25, 0.3) is 5.82 Å². The summed E-state index contributed by atoms with van der Waals surface area (Å²) in [5.41, 5.74) is 1.06. The van der Waals surface area contributed by atoms with E-state index in [0.29, 0.717) is 26.2 Å². The first-order valence-electron chi connectivity index (χ1n) is 9.45. The van der Waals surface area contributed by atoms with Gasteiger partial charge in [-0.05, 0) is 25.5 Å². The summed E-state index contributed by atoms with van der Waals surface area (Å²) < 4.78 is 7.01. The number of nitrogens with zero attached hydrogens (tertiary/aromatic N) is 6. The fourth-order valence-corrected chi connectivity index (χ4v) is 3.11. The van der Waals surface area contributed by atoms with E-state index in [1.54, 1.807) is 18.1 Å². The van der Waals surface area contributed by atoms with Gasteiger partial charge in [-0.25, -0.2) is 14.8 Å². The molecule has 0 saturated carbocycles. The lowest BCUT2D eigenvalue weighted by Gasteiger charge is -2.35. The molecule has 1 aliphatic rings. The lowest BCUT2D eigenvalue weighted by molar-refractivity contribution is 0.0914. The van der Waals surface area contributed by atoms with Gasteiger partial charge in [-0.2, -0.15) is 0 Å². The maximum absolute atomic E-state index is 11.8. The molecule has 0 atom stereocenters. The quantitative estimate of drug-likeness (QED) is 0.383. The number of carbonyl (C=O) groups excluding carboxylic acids is 1. The van der Waals surface area contributed by atoms with Gasteiger partial charge >= 0.3 is 6.09 Å². The molecule has 0 unspecified atom stereocenters. The van der Waals surface area contributed by atoms with E-state index in [2.05, 4.69) is 25.2 Å². The molecule has 1 aliphatic heterocycles. The molecule has 0 radical (unpaired) electrons. The van der Waals surface area contributed by atoms with Crippen molar-refractivity contribution in [1.82, 2.24) is 29.7 Å². The molecule has 0 aromatic carbocycles. The number of halogens is 1. The van der Waals surface area contributed by atoms with E-state index in [-0.39, 0.29) is 30.1 Å². The molecule has 1 saturated heterocycles. The molecule has 3 heterocycles. The van der Waals surface area contributed by atoms with Gasteiger partial charge in [0.2, 0.25) is 0 Å². The Morgan fingerprint density at radius 3 is 2.48 bits per heavy atom. The van der Waals surface area contributed by atoms with E-state index in [4.69, 9.17) is 4.74 Å². The highest BCUT2D eigenvalue weighted by molar-refractivity contribution is 14.0. The van der Waals surface area contributed by atoms with Crippen molar-refractivity contribution in [3.63, 3.8) is 0 Å². The zero-order valence-electron chi connectivity index (χ0n) is 17.0. The third kappa shape index (κ3) is 5.81. The molecule has 0 spiro atoms. The van der Waals surface area contributed by atoms with E-state index >= 15 is 0 Å². The Balaban J connectivity index is 0.00000300. The molecular formula is C19H28IN7O2. The predicted octanol–water partition coefficient (Wildman–Crippen LogP) is 2.04. The Bertz CT molecular complexity index is 814. The van der Waals surface area contributed by atoms with Crippen molar-refractivity contribution >= 4 is 36.0 Å². The van der Waals surface area contributed by atoms with Crippen LogP contribution in [-0.4, -0.2) is 76.2 Å². The van der Waals surface area contributed by atoms with Gasteiger partial charge in [-0.3, -0.25) is 9.56 Å². The Morgan fingerprint density at radius 2 is 1.93 bits per heavy atom. The summed E-state index contributed by atoms with van der Waals surface area (Å²) in [7, 11) is 1.77. The van der Waals surface area contributed by atoms with E-state index in [1.807, 2.05) is 42.9 Å². The van der Waals surface area contributed by atoms with Crippen LogP contribution in [-0.2, 0) is 11.3 Å². The van der Waals surface area contributed by atoms with Crippen molar-refractivity contribution < 1.29 is 9.53 Å². The molecule has 158 valence electrons. The number of imidazole rings is 1. The normalized spacial score (nSPS) is 14.4. The summed E-state index contributed by atoms with van der Waals surface area (Å²) in [4.78, 5) is 28.8. The van der Waals surface area contributed by atoms with Crippen LogP contribution in [0.5, 0.6) is 0 Å². The fraction of sp³-hybridized carbons (Fsp3) is 0.474. The average molecular weight is 513 g/mol. The van der Waals surface area contributed by atoms with Gasteiger partial charge < -0.3 is 19.9 Å². The number of guanidine groups is 1. The second kappa shape index (κ2) is 11.0. The predicted molar refractivity (Wildman–Crippen MR) is 122 cm³/mol. The van der Waals surface area contributed by atoms with Crippen LogP contribution in [0.4, 0.5) is 4.79 Å². The SMILES string of the molecule is CCOC(=O)N1CCN(C(=NC)NCc2ccc(-n3ccnc3C)nc2)CC1.I. The van der Waals surface area contributed by atoms with Gasteiger partial charge in [0, 0.05) is 58.4 Å². The monoisotopic (exact) mass is 513 g/mol. The lowest BCUT2D eigenvalue weighted by Crippen LogP contribution is -2.53. The smallest absolute Gasteiger partial charge is 0.409 e. The third-order valence-corrected chi connectivity index (χ3v) is 4.65. The molecule has 29 heavy (non-hydrogen) atoms. The average Bonchev–Trinajstić information content (AvgIpc) is 3.15. The molecule has 2 aromatic heterocycles. The van der Waals surface area contributed by atoms with Crippen LogP contribution in [0.2, 0.25) is 0 Å². The Kier molecular flexibility index (Phi) is 8.68. The number of aliphatic imine (C=N–C) groups is 1. The fourth-order valence-electron chi connectivity index (χ4n) is 3.11. The van der Waals surface area contributed by atoms with Crippen molar-refractivity contribution in [3.05, 3.63) is 42.1 Å². The van der Waals surface area contributed by atoms with Crippen LogP contribution >= 0.6 is 24.0 Å². The Hall–Kier alpha value is -2.37. The van der Waals surface area contributed by atoms with Crippen LogP contribution in [0.1, 0.15) is 18.3 Å². The van der Waals surface area contributed by atoms with Crippen LogP contribution in [0.15, 0.2) is 35.7 Å². The molecule has 9 nitrogen and oxygen atoms in total. The van der Waals surface area contributed by atoms with Gasteiger partial charge in [0.05, 0.1) is 6.61 Å². The minimum atomic E-state index is -0.246. The van der Waals surface area contributed by atoms with Gasteiger partial charge in [0.1, 0.15) is 11.6 Å². The summed E-state index contributed by atoms with van der Waals surface area (Å²) in [6, 6.07) is 4.02. The topological polar surface area (TPSA) is 87.9 Å². The van der Waals surface area contributed by atoms with E-state index < -0.39 is 0 Å². The molecule has 10 heteroatoms. The number of nitrogens with one attached hydrogen (secondary N) is 1. The summed E-state index contributed by atoms with van der Waals surface area (Å²) >= 11 is 0. The van der Waals surface area contributed by atoms with E-state index in [9.17, 15) is 4.79 Å². The van der Waals surface area contributed by atoms with Crippen molar-refractivity contribution in [2.75, 3.05) is 39.8 Å². The number of ether oxygens (including phenoxy) is 1. The van der Waals surface area contributed by atoms with Crippen LogP contribution in [0, 0.1) is 6.92 Å². The van der Waals surface area contributed by atoms with Crippen molar-refractivity contribution in [3.8, 4) is 5.82 Å². The Labute approximate surface area is 188 Å².